The quantitative estimate of drug-likeness (QED) is 0.134. The second-order valence-electron chi connectivity index (χ2n) is 43.5. The summed E-state index contributed by atoms with van der Waals surface area (Å²) in [4.78, 5) is 97.3. The first kappa shape index (κ1) is 73.4. The van der Waals surface area contributed by atoms with Gasteiger partial charge in [-0.25, -0.2) is 0 Å². The lowest BCUT2D eigenvalue weighted by atomic mass is 9.45. The number of carbonyl (C=O) groups is 8. The van der Waals surface area contributed by atoms with Gasteiger partial charge < -0.3 is 18.9 Å². The van der Waals surface area contributed by atoms with Crippen molar-refractivity contribution in [3.05, 3.63) is 71.4 Å². The highest BCUT2D eigenvalue weighted by Crippen LogP contribution is 2.85. The molecular formula is C100H130O12. The van der Waals surface area contributed by atoms with Crippen LogP contribution in [0.5, 0.6) is 0 Å². The van der Waals surface area contributed by atoms with Crippen LogP contribution in [0.2, 0.25) is 0 Å². The first-order chi connectivity index (χ1) is 54.2. The standard InChI is InChI=1S/C26H34O3.C25H34O3.C25H32O3.C24H30O3/c1-2-25-9-7-18-17-6-5-16(27)11-15(17)12-19(14-3-4-14)23(18)24(25)20-13-21(20)26(25)10-8-22(28)29-26;2*1-3-14-11-15-12-16(26)5-6-17(15)18-7-9-24(4-2)23(22(14)18)19-13-20(19)25(24)10-8-21(27)28-25;1-3-23-8-6-16-15-5-4-14(25)11-17(15)13(2)10-18(16)22(23)19-12-20(19)24(23)9-7-21(26)27-24/h11,14,17-21,23-24H,2-10,12-13H2,1H3;12,14,17-20,22-23H,3-11,13H2,1-2H3;3,12,14,17-20,22-23H,1,4-11,13H2,2H3;11,15-16,18-20,22H,2-10,12H2,1H3/t17-,18?,19?,20?,21?,23?,24?,25-,26-;2*14?,17-,18?,19?,20?,22?,23?,24-,25-;15-,16?,18?,19?,20?,22?,23+,24+/m0001/s1. The number of rotatable bonds is 7. The van der Waals surface area contributed by atoms with Crippen LogP contribution in [0.1, 0.15) is 285 Å². The minimum atomic E-state index is -0.163. The molecule has 4 saturated heterocycles. The van der Waals surface area contributed by atoms with Crippen LogP contribution in [0.4, 0.5) is 0 Å². The third-order valence-electron chi connectivity index (χ3n) is 41.4. The molecule has 0 aromatic rings. The van der Waals surface area contributed by atoms with E-state index in [0.717, 1.165) is 174 Å². The van der Waals surface area contributed by atoms with Gasteiger partial charge in [0.15, 0.2) is 23.1 Å². The molecular weight excluding hydrogens is 1390 g/mol. The Kier molecular flexibility index (Phi) is 16.7. The van der Waals surface area contributed by atoms with E-state index in [9.17, 15) is 38.4 Å². The molecule has 0 bridgehead atoms. The summed E-state index contributed by atoms with van der Waals surface area (Å²) in [7, 11) is 0. The number of hydrogen-bond acceptors (Lipinski definition) is 12. The van der Waals surface area contributed by atoms with Crippen molar-refractivity contribution < 1.29 is 57.3 Å². The van der Waals surface area contributed by atoms with Crippen LogP contribution in [0.15, 0.2) is 71.4 Å². The summed E-state index contributed by atoms with van der Waals surface area (Å²) in [5.74, 6) is 21.3. The molecule has 4 heterocycles. The van der Waals surface area contributed by atoms with Crippen molar-refractivity contribution in [3.8, 4) is 0 Å². The van der Waals surface area contributed by atoms with Gasteiger partial charge >= 0.3 is 23.9 Å². The summed E-state index contributed by atoms with van der Waals surface area (Å²) < 4.78 is 25.2. The summed E-state index contributed by atoms with van der Waals surface area (Å²) in [6, 6.07) is 0. The highest BCUT2D eigenvalue weighted by Gasteiger charge is 2.85. The topological polar surface area (TPSA) is 173 Å². The summed E-state index contributed by atoms with van der Waals surface area (Å²) in [5.41, 5.74) is 7.22. The molecule has 21 fully saturated rings. The van der Waals surface area contributed by atoms with Gasteiger partial charge in [-0.15, -0.1) is 6.58 Å². The first-order valence-electron chi connectivity index (χ1n) is 47.3. The number of fused-ring (bicyclic) bond motifs is 36. The third-order valence-corrected chi connectivity index (χ3v) is 41.4. The highest BCUT2D eigenvalue weighted by molar-refractivity contribution is 5.93. The lowest BCUT2D eigenvalue weighted by Crippen LogP contribution is -2.58. The minimum absolute atomic E-state index is 0.0420. The van der Waals surface area contributed by atoms with Gasteiger partial charge in [0.25, 0.3) is 0 Å². The third kappa shape index (κ3) is 9.71. The molecule has 0 aromatic carbocycles. The Labute approximate surface area is 666 Å². The van der Waals surface area contributed by atoms with Crippen LogP contribution >= 0.6 is 0 Å². The molecule has 602 valence electrons. The predicted molar refractivity (Wildman–Crippen MR) is 423 cm³/mol. The molecule has 4 aliphatic heterocycles. The lowest BCUT2D eigenvalue weighted by molar-refractivity contribution is -0.183. The van der Waals surface area contributed by atoms with Gasteiger partial charge in [0.1, 0.15) is 22.4 Å². The van der Waals surface area contributed by atoms with E-state index in [1.807, 2.05) is 18.2 Å². The molecule has 12 heteroatoms. The summed E-state index contributed by atoms with van der Waals surface area (Å²) in [6.45, 7) is 20.5. The van der Waals surface area contributed by atoms with Gasteiger partial charge in [0, 0.05) is 96.7 Å². The van der Waals surface area contributed by atoms with Crippen molar-refractivity contribution in [1.29, 1.82) is 0 Å². The summed E-state index contributed by atoms with van der Waals surface area (Å²) >= 11 is 0. The first-order valence-corrected chi connectivity index (χ1v) is 47.3. The Balaban J connectivity index is 0.0000000916. The molecule has 0 radical (unpaired) electrons. The number of allylic oxidation sites excluding steroid dienone is 6. The number of hydrogen-bond donors (Lipinski definition) is 0. The van der Waals surface area contributed by atoms with Crippen molar-refractivity contribution in [2.45, 2.75) is 307 Å². The molecule has 17 saturated carbocycles. The maximum Gasteiger partial charge on any atom is 0.306 e. The average molecular weight is 1520 g/mol. The normalized spacial score (nSPS) is 53.8. The zero-order valence-electron chi connectivity index (χ0n) is 68.4. The van der Waals surface area contributed by atoms with Crippen LogP contribution in [-0.4, -0.2) is 69.4 Å². The second kappa shape index (κ2) is 25.5. The summed E-state index contributed by atoms with van der Waals surface area (Å²) in [5, 5.41) is 0. The Morgan fingerprint density at radius 1 is 0.357 bits per heavy atom. The number of esters is 4. The highest BCUT2D eigenvalue weighted by atomic mass is 16.6. The van der Waals surface area contributed by atoms with Gasteiger partial charge in [-0.3, -0.25) is 38.4 Å². The van der Waals surface area contributed by atoms with Crippen LogP contribution in [0.25, 0.3) is 0 Å². The van der Waals surface area contributed by atoms with Crippen molar-refractivity contribution in [1.82, 2.24) is 0 Å². The van der Waals surface area contributed by atoms with Crippen molar-refractivity contribution >= 4 is 47.0 Å². The zero-order chi connectivity index (χ0) is 76.6. The number of ketones is 4. The molecule has 0 amide bonds. The maximum absolute atomic E-state index is 12.3. The SMILES string of the molecule is C=C1CC2C(CC[C@@]3(CC)C2C2CC2[C@@]32CCC(=O)O2)[C@H]2CCC(=O)C=C12.C=CC1CC2=CC(=O)CC[C@@H]2C2CC[C@@]3(CC)C(C4CC4[C@@]34CCC(=O)O4)C12.CCC1CC2=CC(=O)CC[C@@H]2C2CC[C@@]3(CC)C(C4CC4[C@@]34CCC(=O)O4)C12.CC[C@]12CCC3C(C(C4CC4)CC4=CC(=O)CC[C@@H]43)C1C1CC1[C@@]21CCC(=O)O1. The van der Waals surface area contributed by atoms with Gasteiger partial charge in [-0.2, -0.15) is 0 Å². The predicted octanol–water partition coefficient (Wildman–Crippen LogP) is 19.7. The average Bonchev–Trinajstić information content (AvgIpc) is 1.51. The Bertz CT molecular complexity index is 4240. The molecule has 23 unspecified atom stereocenters. The number of carbonyl (C=O) groups excluding carboxylic acids is 8. The molecule has 25 aliphatic rings. The molecule has 0 aromatic heterocycles. The van der Waals surface area contributed by atoms with Crippen LogP contribution < -0.4 is 0 Å². The van der Waals surface area contributed by atoms with E-state index < -0.39 is 0 Å². The molecule has 0 N–H and O–H groups in total. The Hall–Kier alpha value is -5.00. The van der Waals surface area contributed by atoms with Crippen molar-refractivity contribution in [2.75, 3.05) is 0 Å². The van der Waals surface area contributed by atoms with E-state index in [1.165, 1.54) is 143 Å². The molecule has 35 atom stereocenters. The second-order valence-corrected chi connectivity index (χ2v) is 43.5. The fourth-order valence-corrected chi connectivity index (χ4v) is 37.9. The zero-order valence-corrected chi connectivity index (χ0v) is 68.4. The summed E-state index contributed by atoms with van der Waals surface area (Å²) in [6.07, 6.45) is 52.0. The maximum atomic E-state index is 12.3. The fraction of sp³-hybridized carbons (Fsp3) is 0.800. The van der Waals surface area contributed by atoms with Gasteiger partial charge in [-0.1, -0.05) is 76.0 Å². The van der Waals surface area contributed by atoms with E-state index in [2.05, 4.69) is 59.9 Å². The molecule has 21 aliphatic carbocycles. The van der Waals surface area contributed by atoms with Gasteiger partial charge in [0.05, 0.1) is 0 Å². The molecule has 4 spiro atoms. The molecule has 25 rings (SSSR count). The van der Waals surface area contributed by atoms with Gasteiger partial charge in [-0.05, 0) is 365 Å². The van der Waals surface area contributed by atoms with E-state index >= 15 is 0 Å². The van der Waals surface area contributed by atoms with Crippen LogP contribution in [-0.2, 0) is 57.3 Å². The van der Waals surface area contributed by atoms with E-state index in [-0.39, 0.29) is 67.9 Å². The molecule has 12 nitrogen and oxygen atoms in total. The van der Waals surface area contributed by atoms with Gasteiger partial charge in [0.2, 0.25) is 0 Å². The number of ether oxygens (including phenoxy) is 4. The Morgan fingerprint density at radius 2 is 0.723 bits per heavy atom. The van der Waals surface area contributed by atoms with E-state index in [1.54, 1.807) is 0 Å². The van der Waals surface area contributed by atoms with E-state index in [4.69, 9.17) is 18.9 Å². The van der Waals surface area contributed by atoms with Crippen LogP contribution in [0, 0.1) is 187 Å². The Morgan fingerprint density at radius 3 is 1.13 bits per heavy atom. The smallest absolute Gasteiger partial charge is 0.306 e. The van der Waals surface area contributed by atoms with E-state index in [0.29, 0.717) is 150 Å². The lowest BCUT2D eigenvalue weighted by Gasteiger charge is -2.60. The molecule has 112 heavy (non-hydrogen) atoms. The monoisotopic (exact) mass is 1520 g/mol. The largest absolute Gasteiger partial charge is 0.458 e. The van der Waals surface area contributed by atoms with Crippen molar-refractivity contribution in [3.63, 3.8) is 0 Å². The fourth-order valence-electron chi connectivity index (χ4n) is 37.9. The van der Waals surface area contributed by atoms with Crippen LogP contribution in [0.3, 0.4) is 0 Å². The van der Waals surface area contributed by atoms with Crippen molar-refractivity contribution in [2.24, 2.45) is 187 Å². The minimum Gasteiger partial charge on any atom is -0.458 e.